The summed E-state index contributed by atoms with van der Waals surface area (Å²) in [5.41, 5.74) is 14.3. The molecule has 2 atom stereocenters. The summed E-state index contributed by atoms with van der Waals surface area (Å²) in [6.07, 6.45) is 12.7. The van der Waals surface area contributed by atoms with Crippen molar-refractivity contribution in [3.63, 3.8) is 0 Å². The van der Waals surface area contributed by atoms with E-state index in [9.17, 15) is 9.59 Å². The van der Waals surface area contributed by atoms with E-state index in [0.29, 0.717) is 0 Å². The van der Waals surface area contributed by atoms with E-state index < -0.39 is 20.7 Å². The molecule has 2 aliphatic rings. The second kappa shape index (κ2) is 18.2. The van der Waals surface area contributed by atoms with Crippen molar-refractivity contribution in [1.82, 2.24) is 10.5 Å². The van der Waals surface area contributed by atoms with Gasteiger partial charge in [-0.05, 0) is 0 Å². The molecule has 56 heavy (non-hydrogen) atoms. The summed E-state index contributed by atoms with van der Waals surface area (Å²) < 4.78 is -1.68. The number of aryl methyl sites for hydroxylation is 2. The van der Waals surface area contributed by atoms with Crippen LogP contribution in [0.3, 0.4) is 0 Å². The van der Waals surface area contributed by atoms with Gasteiger partial charge in [-0.3, -0.25) is 0 Å². The van der Waals surface area contributed by atoms with Gasteiger partial charge < -0.3 is 0 Å². The SMILES string of the molecule is CCCC1=Cc2c(-c3ccccc3CCC)cccc2[CH]1[Zr]([Cl])([Cl])([B](NC(=O)CC)NC(=O)CC)[CH]1C(CCC)=Cc2c(-c3ccccc3CCC)cccc21. The molecule has 0 aliphatic heterocycles. The molecule has 2 aliphatic carbocycles. The normalized spacial score (nSPS) is 16.6. The topological polar surface area (TPSA) is 58.2 Å². The van der Waals surface area contributed by atoms with Gasteiger partial charge in [-0.15, -0.1) is 0 Å². The molecule has 8 heteroatoms. The van der Waals surface area contributed by atoms with E-state index in [-0.39, 0.29) is 31.9 Å². The zero-order valence-electron chi connectivity index (χ0n) is 34.1. The predicted molar refractivity (Wildman–Crippen MR) is 237 cm³/mol. The number of hydrogen-bond acceptors (Lipinski definition) is 2. The van der Waals surface area contributed by atoms with Crippen molar-refractivity contribution < 1.29 is 25.8 Å². The van der Waals surface area contributed by atoms with Gasteiger partial charge in [0.05, 0.1) is 0 Å². The minimum atomic E-state index is -5.98. The van der Waals surface area contributed by atoms with Gasteiger partial charge in [-0.25, -0.2) is 0 Å². The molecule has 293 valence electrons. The Kier molecular flexibility index (Phi) is 13.8. The number of benzene rings is 4. The first-order valence-corrected chi connectivity index (χ1v) is 31.6. The Balaban J connectivity index is 1.70. The van der Waals surface area contributed by atoms with Gasteiger partial charge in [-0.2, -0.15) is 0 Å². The zero-order chi connectivity index (χ0) is 40.1. The molecule has 0 bridgehead atoms. The van der Waals surface area contributed by atoms with Crippen molar-refractivity contribution in [2.75, 3.05) is 0 Å². The number of nitrogens with one attached hydrogen (secondary N) is 2. The summed E-state index contributed by atoms with van der Waals surface area (Å²) in [5.74, 6) is -0.368. The van der Waals surface area contributed by atoms with Crippen LogP contribution in [-0.4, -0.2) is 16.3 Å². The fourth-order valence-corrected chi connectivity index (χ4v) is 30.3. The average molecular weight is 868 g/mol. The Labute approximate surface area is 344 Å². The van der Waals surface area contributed by atoms with Gasteiger partial charge in [0.1, 0.15) is 0 Å². The quantitative estimate of drug-likeness (QED) is 0.104. The summed E-state index contributed by atoms with van der Waals surface area (Å²) in [6, 6.07) is 30.6. The Bertz CT molecular complexity index is 2010. The Morgan fingerprint density at radius 3 is 1.29 bits per heavy atom. The van der Waals surface area contributed by atoms with Crippen molar-refractivity contribution in [2.45, 2.75) is 113 Å². The molecule has 4 aromatic carbocycles. The summed E-state index contributed by atoms with van der Waals surface area (Å²) in [5, 5.41) is 6.60. The van der Waals surface area contributed by atoms with Crippen LogP contribution in [0.5, 0.6) is 0 Å². The molecule has 4 aromatic rings. The second-order valence-corrected chi connectivity index (χ2v) is 37.1. The average Bonchev–Trinajstić information content (AvgIpc) is 3.78. The van der Waals surface area contributed by atoms with Gasteiger partial charge in [0.2, 0.25) is 0 Å². The summed E-state index contributed by atoms with van der Waals surface area (Å²) >= 11 is -5.98. The van der Waals surface area contributed by atoms with E-state index in [1.807, 2.05) is 13.8 Å². The van der Waals surface area contributed by atoms with Crippen LogP contribution in [0.2, 0.25) is 0 Å². The van der Waals surface area contributed by atoms with Gasteiger partial charge in [0, 0.05) is 0 Å². The van der Waals surface area contributed by atoms with Crippen LogP contribution in [0.4, 0.5) is 0 Å². The van der Waals surface area contributed by atoms with Crippen LogP contribution >= 0.6 is 17.0 Å². The van der Waals surface area contributed by atoms with Crippen molar-refractivity contribution in [2.24, 2.45) is 0 Å². The van der Waals surface area contributed by atoms with E-state index in [0.717, 1.165) is 73.6 Å². The number of carbonyl (C=O) groups excluding carboxylic acids is 2. The number of allylic oxidation sites excluding steroid dienone is 2. The van der Waals surface area contributed by atoms with Crippen LogP contribution in [0.25, 0.3) is 34.4 Å². The Morgan fingerprint density at radius 2 is 0.911 bits per heavy atom. The van der Waals surface area contributed by atoms with Crippen LogP contribution in [0.1, 0.15) is 134 Å². The first kappa shape index (κ1) is 42.4. The summed E-state index contributed by atoms with van der Waals surface area (Å²) in [4.78, 5) is 27.4. The molecule has 0 spiro atoms. The van der Waals surface area contributed by atoms with Gasteiger partial charge in [0.25, 0.3) is 0 Å². The van der Waals surface area contributed by atoms with Gasteiger partial charge in [-0.1, -0.05) is 0 Å². The molecular weight excluding hydrogens is 809 g/mol. The van der Waals surface area contributed by atoms with Crippen molar-refractivity contribution in [1.29, 1.82) is 0 Å². The van der Waals surface area contributed by atoms with E-state index in [1.54, 1.807) is 0 Å². The van der Waals surface area contributed by atoms with Crippen LogP contribution < -0.4 is 10.5 Å². The number of fused-ring (bicyclic) bond motifs is 2. The van der Waals surface area contributed by atoms with Crippen LogP contribution in [0.15, 0.2) is 96.1 Å². The summed E-state index contributed by atoms with van der Waals surface area (Å²) in [7, 11) is 17.8. The minimum absolute atomic E-state index is 0.184. The van der Waals surface area contributed by atoms with Crippen molar-refractivity contribution in [3.05, 3.63) is 129 Å². The fraction of sp³-hybridized carbons (Fsp3) is 0.375. The molecule has 0 saturated carbocycles. The number of rotatable bonds is 17. The maximum atomic E-state index is 13.7. The fourth-order valence-electron chi connectivity index (χ4n) is 9.59. The van der Waals surface area contributed by atoms with Crippen molar-refractivity contribution >= 4 is 45.5 Å². The monoisotopic (exact) mass is 865 g/mol. The van der Waals surface area contributed by atoms with Crippen LogP contribution in [0, 0.1) is 0 Å². The molecule has 0 heterocycles. The summed E-state index contributed by atoms with van der Waals surface area (Å²) in [6.45, 7) is 12.5. The van der Waals surface area contributed by atoms with Crippen molar-refractivity contribution in [3.8, 4) is 22.3 Å². The molecular formula is C48H58BCl2N2O2Zr. The predicted octanol–water partition coefficient (Wildman–Crippen LogP) is 13.1. The Morgan fingerprint density at radius 1 is 0.536 bits per heavy atom. The third-order valence-electron chi connectivity index (χ3n) is 11.9. The van der Waals surface area contributed by atoms with E-state index in [4.69, 9.17) is 17.0 Å². The van der Waals surface area contributed by atoms with E-state index in [1.165, 1.54) is 44.5 Å². The molecule has 6 rings (SSSR count). The first-order chi connectivity index (χ1) is 27.0. The van der Waals surface area contributed by atoms with Gasteiger partial charge in [0.15, 0.2) is 0 Å². The Hall–Kier alpha value is -3.17. The number of halogens is 2. The molecule has 0 radical (unpaired) electrons. The van der Waals surface area contributed by atoms with E-state index >= 15 is 0 Å². The molecule has 0 saturated heterocycles. The second-order valence-electron chi connectivity index (χ2n) is 15.7. The maximum absolute atomic E-state index is 13.7. The molecule has 2 N–H and O–H groups in total. The zero-order valence-corrected chi connectivity index (χ0v) is 38.1. The molecule has 4 nitrogen and oxygen atoms in total. The van der Waals surface area contributed by atoms with Crippen LogP contribution in [-0.2, 0) is 38.6 Å². The molecule has 2 unspecified atom stereocenters. The van der Waals surface area contributed by atoms with E-state index in [2.05, 4.69) is 135 Å². The third-order valence-corrected chi connectivity index (χ3v) is 31.9. The van der Waals surface area contributed by atoms with Gasteiger partial charge >= 0.3 is 346 Å². The third kappa shape index (κ3) is 7.85. The number of hydrogen-bond donors (Lipinski definition) is 2. The standard InChI is InChI=1S/2C21H23.C6H11BN2O2.2ClH.Zr/c2*1-3-8-16-14-18-11-7-13-20(21(18)15-16)19-12-6-5-10-17(19)9-4-2;1-3-5(10)8-7-9-6(11)4-2;;;/h2*5-7,10-15H,3-4,8-9H2,1-2H3;3-4H2,1-2H3,(H-,8,9,10,11);2*1H;/q;;;;;+1/p-1. The molecule has 0 aromatic heterocycles. The number of carbonyl (C=O) groups is 2. The number of amides is 2. The first-order valence-electron chi connectivity index (χ1n) is 21.0. The molecule has 2 amide bonds. The molecule has 0 fully saturated rings.